The van der Waals surface area contributed by atoms with Crippen LogP contribution in [0.1, 0.15) is 18.5 Å². The second-order valence-electron chi connectivity index (χ2n) is 4.92. The van der Waals surface area contributed by atoms with Crippen LogP contribution in [-0.2, 0) is 4.79 Å². The van der Waals surface area contributed by atoms with Crippen LogP contribution in [0.3, 0.4) is 0 Å². The van der Waals surface area contributed by atoms with Crippen molar-refractivity contribution < 1.29 is 4.79 Å². The van der Waals surface area contributed by atoms with Crippen molar-refractivity contribution >= 4 is 35.4 Å². The molecule has 0 aromatic carbocycles. The quantitative estimate of drug-likeness (QED) is 0.740. The van der Waals surface area contributed by atoms with Gasteiger partial charge in [0.15, 0.2) is 5.78 Å². The number of thiazole rings is 1. The first-order chi connectivity index (χ1) is 6.97. The highest BCUT2D eigenvalue weighted by Crippen LogP contribution is 2.25. The van der Waals surface area contributed by atoms with Crippen LogP contribution >= 0.6 is 11.3 Å². The van der Waals surface area contributed by atoms with E-state index in [0.717, 1.165) is 17.7 Å². The zero-order valence-corrected chi connectivity index (χ0v) is 11.1. The number of hydrogen-bond donors (Lipinski definition) is 0. The lowest BCUT2D eigenvalue weighted by molar-refractivity contribution is -0.114. The number of aromatic nitrogens is 1. The summed E-state index contributed by atoms with van der Waals surface area (Å²) >= 11 is 1.74. The zero-order valence-electron chi connectivity index (χ0n) is 9.33. The highest BCUT2D eigenvalue weighted by atomic mass is 32.1. The second-order valence-corrected chi connectivity index (χ2v) is 11.1. The first-order valence-electron chi connectivity index (χ1n) is 5.16. The SMILES string of the molecule is C[Si](C)(C)c1nc(C2=CC(=O)CC2)cs1. The summed E-state index contributed by atoms with van der Waals surface area (Å²) in [6.07, 6.45) is 3.28. The summed E-state index contributed by atoms with van der Waals surface area (Å²) in [5.41, 5.74) is 2.16. The molecule has 0 aliphatic heterocycles. The lowest BCUT2D eigenvalue weighted by atomic mass is 10.2. The molecule has 2 nitrogen and oxygen atoms in total. The zero-order chi connectivity index (χ0) is 11.1. The molecule has 0 bridgehead atoms. The van der Waals surface area contributed by atoms with Gasteiger partial charge in [0.1, 0.15) is 8.07 Å². The number of hydrogen-bond acceptors (Lipinski definition) is 3. The normalized spacial score (nSPS) is 17.0. The van der Waals surface area contributed by atoms with Gasteiger partial charge in [-0.3, -0.25) is 4.79 Å². The van der Waals surface area contributed by atoms with E-state index in [-0.39, 0.29) is 5.78 Å². The van der Waals surface area contributed by atoms with Gasteiger partial charge in [0.25, 0.3) is 0 Å². The number of allylic oxidation sites excluding steroid dienone is 2. The van der Waals surface area contributed by atoms with Crippen LogP contribution in [0.15, 0.2) is 11.5 Å². The van der Waals surface area contributed by atoms with Gasteiger partial charge < -0.3 is 0 Å². The number of carbonyl (C=O) groups is 1. The summed E-state index contributed by atoms with van der Waals surface area (Å²) in [5.74, 6) is 0.243. The van der Waals surface area contributed by atoms with Gasteiger partial charge in [0.2, 0.25) is 0 Å². The third-order valence-electron chi connectivity index (χ3n) is 2.45. The molecule has 1 aromatic heterocycles. The minimum atomic E-state index is -1.29. The van der Waals surface area contributed by atoms with Crippen molar-refractivity contribution in [2.24, 2.45) is 0 Å². The van der Waals surface area contributed by atoms with E-state index in [9.17, 15) is 4.79 Å². The molecular formula is C11H15NOSSi. The average Bonchev–Trinajstić information content (AvgIpc) is 2.69. The Kier molecular flexibility index (Phi) is 2.64. The Morgan fingerprint density at radius 2 is 2.07 bits per heavy atom. The Morgan fingerprint density at radius 1 is 1.33 bits per heavy atom. The third kappa shape index (κ3) is 2.26. The van der Waals surface area contributed by atoms with E-state index < -0.39 is 8.07 Å². The molecule has 80 valence electrons. The standard InChI is InChI=1S/C11H15NOSSi/c1-15(2,3)11-12-10(7-14-11)8-4-5-9(13)6-8/h6-7H,4-5H2,1-3H3. The number of rotatable bonds is 2. The van der Waals surface area contributed by atoms with E-state index in [1.54, 1.807) is 17.4 Å². The van der Waals surface area contributed by atoms with E-state index in [1.165, 1.54) is 4.63 Å². The Hall–Kier alpha value is -0.743. The van der Waals surface area contributed by atoms with Crippen LogP contribution < -0.4 is 4.63 Å². The molecule has 1 aliphatic rings. The molecule has 0 saturated carbocycles. The first kappa shape index (κ1) is 10.8. The van der Waals surface area contributed by atoms with E-state index in [1.807, 2.05) is 0 Å². The van der Waals surface area contributed by atoms with E-state index in [0.29, 0.717) is 6.42 Å². The van der Waals surface area contributed by atoms with Gasteiger partial charge in [-0.05, 0) is 18.1 Å². The van der Waals surface area contributed by atoms with Crippen molar-refractivity contribution in [1.82, 2.24) is 4.98 Å². The van der Waals surface area contributed by atoms with Crippen LogP contribution in [0, 0.1) is 0 Å². The van der Waals surface area contributed by atoms with Crippen LogP contribution in [0.5, 0.6) is 0 Å². The molecule has 0 fully saturated rings. The fourth-order valence-corrected chi connectivity index (χ4v) is 4.19. The maximum absolute atomic E-state index is 11.1. The molecule has 1 aromatic rings. The molecular weight excluding hydrogens is 222 g/mol. The number of nitrogens with zero attached hydrogens (tertiary/aromatic N) is 1. The van der Waals surface area contributed by atoms with Crippen molar-refractivity contribution in [2.45, 2.75) is 32.5 Å². The van der Waals surface area contributed by atoms with Gasteiger partial charge in [-0.2, -0.15) is 0 Å². The molecule has 0 atom stereocenters. The largest absolute Gasteiger partial charge is 0.295 e. The van der Waals surface area contributed by atoms with Crippen LogP contribution in [0.4, 0.5) is 0 Å². The van der Waals surface area contributed by atoms with Crippen LogP contribution in [0.2, 0.25) is 19.6 Å². The monoisotopic (exact) mass is 237 g/mol. The third-order valence-corrected chi connectivity index (χ3v) is 6.69. The minimum absolute atomic E-state index is 0.243. The highest BCUT2D eigenvalue weighted by molar-refractivity contribution is 7.24. The molecule has 0 radical (unpaired) electrons. The van der Waals surface area contributed by atoms with Gasteiger partial charge in [-0.15, -0.1) is 11.3 Å². The molecule has 0 saturated heterocycles. The fraction of sp³-hybridized carbons (Fsp3) is 0.455. The van der Waals surface area contributed by atoms with Crippen molar-refractivity contribution in [3.8, 4) is 0 Å². The Bertz CT molecular complexity index is 428. The molecule has 0 N–H and O–H groups in total. The summed E-state index contributed by atoms with van der Waals surface area (Å²) in [4.78, 5) is 15.8. The topological polar surface area (TPSA) is 30.0 Å². The summed E-state index contributed by atoms with van der Waals surface area (Å²) in [6, 6.07) is 0. The summed E-state index contributed by atoms with van der Waals surface area (Å²) in [5, 5.41) is 2.10. The predicted molar refractivity (Wildman–Crippen MR) is 67.3 cm³/mol. The summed E-state index contributed by atoms with van der Waals surface area (Å²) in [7, 11) is -1.29. The summed E-state index contributed by atoms with van der Waals surface area (Å²) < 4.78 is 1.28. The summed E-state index contributed by atoms with van der Waals surface area (Å²) in [6.45, 7) is 6.89. The predicted octanol–water partition coefficient (Wildman–Crippen LogP) is 2.43. The molecule has 2 rings (SSSR count). The van der Waals surface area contributed by atoms with Gasteiger partial charge in [0.05, 0.1) is 10.3 Å². The van der Waals surface area contributed by atoms with Crippen molar-refractivity contribution in [3.05, 3.63) is 17.2 Å². The van der Waals surface area contributed by atoms with Crippen molar-refractivity contribution in [3.63, 3.8) is 0 Å². The minimum Gasteiger partial charge on any atom is -0.295 e. The second kappa shape index (κ2) is 3.68. The number of carbonyl (C=O) groups excluding carboxylic acids is 1. The van der Waals surface area contributed by atoms with Crippen LogP contribution in [-0.4, -0.2) is 18.8 Å². The van der Waals surface area contributed by atoms with E-state index in [2.05, 4.69) is 30.0 Å². The van der Waals surface area contributed by atoms with Gasteiger partial charge in [-0.1, -0.05) is 19.6 Å². The van der Waals surface area contributed by atoms with E-state index >= 15 is 0 Å². The van der Waals surface area contributed by atoms with Crippen molar-refractivity contribution in [1.29, 1.82) is 0 Å². The Labute approximate surface area is 95.1 Å². The van der Waals surface area contributed by atoms with Crippen LogP contribution in [0.25, 0.3) is 5.57 Å². The molecule has 1 aliphatic carbocycles. The Morgan fingerprint density at radius 3 is 2.53 bits per heavy atom. The highest BCUT2D eigenvalue weighted by Gasteiger charge is 2.22. The number of ketones is 1. The molecule has 1 heterocycles. The smallest absolute Gasteiger partial charge is 0.156 e. The van der Waals surface area contributed by atoms with Gasteiger partial charge in [0, 0.05) is 11.8 Å². The first-order valence-corrected chi connectivity index (χ1v) is 9.54. The van der Waals surface area contributed by atoms with Gasteiger partial charge >= 0.3 is 0 Å². The van der Waals surface area contributed by atoms with Gasteiger partial charge in [-0.25, -0.2) is 4.98 Å². The van der Waals surface area contributed by atoms with E-state index in [4.69, 9.17) is 0 Å². The maximum atomic E-state index is 11.1. The lowest BCUT2D eigenvalue weighted by Crippen LogP contribution is -2.37. The molecule has 4 heteroatoms. The van der Waals surface area contributed by atoms with Crippen molar-refractivity contribution in [2.75, 3.05) is 0 Å². The lowest BCUT2D eigenvalue weighted by Gasteiger charge is -2.10. The average molecular weight is 237 g/mol. The molecule has 0 amide bonds. The Balaban J connectivity index is 2.28. The fourth-order valence-electron chi connectivity index (χ4n) is 1.56. The molecule has 0 unspecified atom stereocenters. The molecule has 15 heavy (non-hydrogen) atoms. The maximum Gasteiger partial charge on any atom is 0.156 e. The molecule has 0 spiro atoms.